The van der Waals surface area contributed by atoms with E-state index in [9.17, 15) is 4.79 Å². The molecule has 1 rings (SSSR count). The van der Waals surface area contributed by atoms with Gasteiger partial charge in [-0.25, -0.2) is 9.78 Å². The molecule has 5 heteroatoms. The van der Waals surface area contributed by atoms with Crippen molar-refractivity contribution >= 4 is 0 Å². The number of rotatable bonds is 3. The van der Waals surface area contributed by atoms with Crippen LogP contribution in [0.1, 0.15) is 0 Å². The van der Waals surface area contributed by atoms with Crippen LogP contribution in [0.4, 0.5) is 0 Å². The van der Waals surface area contributed by atoms with Crippen LogP contribution < -0.4 is 11.4 Å². The van der Waals surface area contributed by atoms with Crippen LogP contribution in [0.25, 0.3) is 0 Å². The molecule has 0 fully saturated rings. The minimum atomic E-state index is -0.688. The Morgan fingerprint density at radius 2 is 2.50 bits per heavy atom. The van der Waals surface area contributed by atoms with Gasteiger partial charge in [0.25, 0.3) is 0 Å². The van der Waals surface area contributed by atoms with E-state index in [0.29, 0.717) is 0 Å². The van der Waals surface area contributed by atoms with Gasteiger partial charge in [0, 0.05) is 18.9 Å². The first-order valence-corrected chi connectivity index (χ1v) is 3.63. The van der Waals surface area contributed by atoms with Gasteiger partial charge >= 0.3 is 5.69 Å². The zero-order chi connectivity index (χ0) is 8.97. The van der Waals surface area contributed by atoms with Crippen molar-refractivity contribution in [3.8, 4) is 0 Å². The summed E-state index contributed by atoms with van der Waals surface area (Å²) in [5.74, 6) is 0. The van der Waals surface area contributed by atoms with Crippen molar-refractivity contribution in [3.05, 3.63) is 28.9 Å². The molecule has 0 aliphatic carbocycles. The summed E-state index contributed by atoms with van der Waals surface area (Å²) < 4.78 is 1.32. The van der Waals surface area contributed by atoms with Gasteiger partial charge in [-0.2, -0.15) is 0 Å². The molecule has 0 saturated carbocycles. The number of aliphatic hydroxyl groups excluding tert-OH is 1. The molecular formula is C7H11N3O2. The maximum Gasteiger partial charge on any atom is 0.347 e. The van der Waals surface area contributed by atoms with Gasteiger partial charge in [-0.3, -0.25) is 4.57 Å². The fraction of sp³-hybridized carbons (Fsp3) is 0.429. The van der Waals surface area contributed by atoms with Gasteiger partial charge < -0.3 is 10.8 Å². The third kappa shape index (κ3) is 2.14. The Balaban J connectivity index is 2.76. The molecule has 66 valence electrons. The van der Waals surface area contributed by atoms with Gasteiger partial charge in [0.1, 0.15) is 0 Å². The number of aliphatic hydroxyl groups is 1. The smallest absolute Gasteiger partial charge is 0.347 e. The molecule has 12 heavy (non-hydrogen) atoms. The fourth-order valence-electron chi connectivity index (χ4n) is 0.828. The van der Waals surface area contributed by atoms with Gasteiger partial charge in [0.05, 0.1) is 12.6 Å². The molecule has 0 aromatic carbocycles. The maximum absolute atomic E-state index is 11.0. The van der Waals surface area contributed by atoms with E-state index in [1.807, 2.05) is 0 Å². The first kappa shape index (κ1) is 8.89. The van der Waals surface area contributed by atoms with E-state index in [-0.39, 0.29) is 18.8 Å². The molecule has 0 spiro atoms. The van der Waals surface area contributed by atoms with Crippen LogP contribution in [0.15, 0.2) is 23.3 Å². The predicted octanol–water partition coefficient (Wildman–Crippen LogP) is -1.44. The first-order valence-electron chi connectivity index (χ1n) is 3.63. The number of hydrogen-bond donors (Lipinski definition) is 2. The van der Waals surface area contributed by atoms with Gasteiger partial charge in [0.15, 0.2) is 0 Å². The number of aromatic nitrogens is 2. The van der Waals surface area contributed by atoms with Crippen molar-refractivity contribution in [2.75, 3.05) is 6.54 Å². The van der Waals surface area contributed by atoms with E-state index in [1.54, 1.807) is 12.3 Å². The van der Waals surface area contributed by atoms with E-state index < -0.39 is 6.10 Å². The Morgan fingerprint density at radius 1 is 1.75 bits per heavy atom. The molecule has 0 amide bonds. The number of nitrogens with zero attached hydrogens (tertiary/aromatic N) is 2. The van der Waals surface area contributed by atoms with Crippen molar-refractivity contribution in [2.24, 2.45) is 5.73 Å². The summed E-state index contributed by atoms with van der Waals surface area (Å²) in [7, 11) is 0. The van der Waals surface area contributed by atoms with E-state index in [2.05, 4.69) is 4.98 Å². The van der Waals surface area contributed by atoms with Crippen LogP contribution in [-0.2, 0) is 6.54 Å². The van der Waals surface area contributed by atoms with Gasteiger partial charge in [-0.15, -0.1) is 0 Å². The zero-order valence-electron chi connectivity index (χ0n) is 6.55. The minimum Gasteiger partial charge on any atom is -0.390 e. The third-order valence-electron chi connectivity index (χ3n) is 1.46. The molecule has 0 radical (unpaired) electrons. The van der Waals surface area contributed by atoms with Crippen LogP contribution >= 0.6 is 0 Å². The van der Waals surface area contributed by atoms with Crippen LogP contribution in [0.2, 0.25) is 0 Å². The molecular weight excluding hydrogens is 158 g/mol. The first-order chi connectivity index (χ1) is 5.74. The lowest BCUT2D eigenvalue weighted by Crippen LogP contribution is -2.31. The Morgan fingerprint density at radius 3 is 3.08 bits per heavy atom. The minimum absolute atomic E-state index is 0.140. The van der Waals surface area contributed by atoms with Crippen molar-refractivity contribution in [1.82, 2.24) is 9.55 Å². The van der Waals surface area contributed by atoms with E-state index in [0.717, 1.165) is 0 Å². The average molecular weight is 169 g/mol. The summed E-state index contributed by atoms with van der Waals surface area (Å²) in [6, 6.07) is 1.63. The second kappa shape index (κ2) is 3.99. The Kier molecular flexibility index (Phi) is 2.95. The third-order valence-corrected chi connectivity index (χ3v) is 1.46. The summed E-state index contributed by atoms with van der Waals surface area (Å²) >= 11 is 0. The largest absolute Gasteiger partial charge is 0.390 e. The lowest BCUT2D eigenvalue weighted by Gasteiger charge is -2.08. The molecule has 1 heterocycles. The van der Waals surface area contributed by atoms with Crippen molar-refractivity contribution < 1.29 is 5.11 Å². The highest BCUT2D eigenvalue weighted by Gasteiger charge is 2.02. The Labute approximate surface area is 69.5 Å². The molecule has 1 atom stereocenters. The van der Waals surface area contributed by atoms with E-state index in [1.165, 1.54) is 10.8 Å². The van der Waals surface area contributed by atoms with Gasteiger partial charge in [-0.1, -0.05) is 0 Å². The van der Waals surface area contributed by atoms with Crippen LogP contribution in [0.3, 0.4) is 0 Å². The Hall–Kier alpha value is -1.20. The van der Waals surface area contributed by atoms with E-state index >= 15 is 0 Å². The number of hydrogen-bond acceptors (Lipinski definition) is 4. The highest BCUT2D eigenvalue weighted by molar-refractivity contribution is 4.81. The van der Waals surface area contributed by atoms with Crippen molar-refractivity contribution in [3.63, 3.8) is 0 Å². The summed E-state index contributed by atoms with van der Waals surface area (Å²) in [5.41, 5.74) is 4.81. The zero-order valence-corrected chi connectivity index (χ0v) is 6.55. The molecule has 1 aromatic heterocycles. The lowest BCUT2D eigenvalue weighted by atomic mass is 10.3. The van der Waals surface area contributed by atoms with E-state index in [4.69, 9.17) is 10.8 Å². The fourth-order valence-corrected chi connectivity index (χ4v) is 0.828. The molecule has 0 unspecified atom stereocenters. The highest BCUT2D eigenvalue weighted by Crippen LogP contribution is 1.85. The van der Waals surface area contributed by atoms with Crippen LogP contribution in [0, 0.1) is 0 Å². The van der Waals surface area contributed by atoms with Gasteiger partial charge in [-0.05, 0) is 6.07 Å². The summed E-state index contributed by atoms with van der Waals surface area (Å²) in [6.45, 7) is 0.338. The van der Waals surface area contributed by atoms with Crippen LogP contribution in [-0.4, -0.2) is 27.3 Å². The molecule has 0 aliphatic heterocycles. The van der Waals surface area contributed by atoms with Crippen molar-refractivity contribution in [1.29, 1.82) is 0 Å². The predicted molar refractivity (Wildman–Crippen MR) is 43.6 cm³/mol. The second-order valence-corrected chi connectivity index (χ2v) is 2.44. The molecule has 0 aliphatic rings. The molecule has 0 saturated heterocycles. The quantitative estimate of drug-likeness (QED) is 0.581. The standard InChI is InChI=1S/C7H11N3O2/c8-4-6(11)5-10-3-1-2-9-7(10)12/h1-3,6,11H,4-5,8H2/t6-/m1/s1. The highest BCUT2D eigenvalue weighted by atomic mass is 16.3. The summed E-state index contributed by atoms with van der Waals surface area (Å²) in [4.78, 5) is 14.5. The van der Waals surface area contributed by atoms with Gasteiger partial charge in [0.2, 0.25) is 0 Å². The normalized spacial score (nSPS) is 12.8. The molecule has 0 bridgehead atoms. The topological polar surface area (TPSA) is 81.1 Å². The number of nitrogens with two attached hydrogens (primary N) is 1. The summed E-state index contributed by atoms with van der Waals surface area (Å²) in [6.07, 6.45) is 2.29. The molecule has 3 N–H and O–H groups in total. The SMILES string of the molecule is NC[C@@H](O)Cn1cccnc1=O. The lowest BCUT2D eigenvalue weighted by molar-refractivity contribution is 0.160. The second-order valence-electron chi connectivity index (χ2n) is 2.44. The average Bonchev–Trinajstić information content (AvgIpc) is 2.09. The molecule has 1 aromatic rings. The maximum atomic E-state index is 11.0. The monoisotopic (exact) mass is 169 g/mol. The summed E-state index contributed by atoms with van der Waals surface area (Å²) in [5, 5.41) is 9.12. The molecule has 5 nitrogen and oxygen atoms in total. The van der Waals surface area contributed by atoms with Crippen molar-refractivity contribution in [2.45, 2.75) is 12.6 Å². The Bertz CT molecular complexity index is 297. The van der Waals surface area contributed by atoms with Crippen LogP contribution in [0.5, 0.6) is 0 Å².